The SMILES string of the molecule is CC(O)CNc1nncc(-c2ccc3ccccc3c2)n1. The molecular weight excluding hydrogens is 264 g/mol. The molecule has 1 unspecified atom stereocenters. The second-order valence-electron chi connectivity index (χ2n) is 4.96. The Kier molecular flexibility index (Phi) is 3.75. The second-order valence-corrected chi connectivity index (χ2v) is 4.96. The van der Waals surface area contributed by atoms with E-state index in [4.69, 9.17) is 0 Å². The monoisotopic (exact) mass is 280 g/mol. The fourth-order valence-electron chi connectivity index (χ4n) is 2.11. The highest BCUT2D eigenvalue weighted by Gasteiger charge is 2.05. The van der Waals surface area contributed by atoms with Crippen LogP contribution in [-0.2, 0) is 0 Å². The Hall–Kier alpha value is -2.53. The molecule has 0 aliphatic carbocycles. The molecule has 0 radical (unpaired) electrons. The van der Waals surface area contributed by atoms with E-state index in [2.05, 4.69) is 44.8 Å². The summed E-state index contributed by atoms with van der Waals surface area (Å²) in [7, 11) is 0. The predicted molar refractivity (Wildman–Crippen MR) is 82.9 cm³/mol. The Bertz CT molecular complexity index is 758. The maximum Gasteiger partial charge on any atom is 0.243 e. The van der Waals surface area contributed by atoms with E-state index in [0.29, 0.717) is 12.5 Å². The molecule has 1 aromatic heterocycles. The first-order valence-electron chi connectivity index (χ1n) is 6.83. The highest BCUT2D eigenvalue weighted by Crippen LogP contribution is 2.22. The van der Waals surface area contributed by atoms with Crippen molar-refractivity contribution in [3.63, 3.8) is 0 Å². The van der Waals surface area contributed by atoms with Crippen molar-refractivity contribution < 1.29 is 5.11 Å². The first kappa shape index (κ1) is 13.5. The molecule has 3 aromatic rings. The van der Waals surface area contributed by atoms with Crippen molar-refractivity contribution in [2.24, 2.45) is 0 Å². The van der Waals surface area contributed by atoms with Crippen molar-refractivity contribution in [2.75, 3.05) is 11.9 Å². The highest BCUT2D eigenvalue weighted by molar-refractivity contribution is 5.86. The average Bonchev–Trinajstić information content (AvgIpc) is 2.53. The number of aliphatic hydroxyl groups excluding tert-OH is 1. The van der Waals surface area contributed by atoms with Crippen LogP contribution in [0, 0.1) is 0 Å². The molecule has 0 spiro atoms. The predicted octanol–water partition coefficient (Wildman–Crippen LogP) is 2.48. The van der Waals surface area contributed by atoms with Gasteiger partial charge in [0.1, 0.15) is 0 Å². The summed E-state index contributed by atoms with van der Waals surface area (Å²) < 4.78 is 0. The summed E-state index contributed by atoms with van der Waals surface area (Å²) in [6.07, 6.45) is 1.18. The van der Waals surface area contributed by atoms with E-state index in [1.165, 1.54) is 5.39 Å². The Morgan fingerprint density at radius 1 is 1.14 bits per heavy atom. The molecule has 0 fully saturated rings. The molecule has 0 aliphatic heterocycles. The van der Waals surface area contributed by atoms with E-state index in [-0.39, 0.29) is 0 Å². The van der Waals surface area contributed by atoms with Gasteiger partial charge in [0.05, 0.1) is 18.0 Å². The molecule has 21 heavy (non-hydrogen) atoms. The lowest BCUT2D eigenvalue weighted by Gasteiger charge is -2.07. The van der Waals surface area contributed by atoms with Gasteiger partial charge in [-0.2, -0.15) is 5.10 Å². The van der Waals surface area contributed by atoms with Gasteiger partial charge in [-0.15, -0.1) is 5.10 Å². The Labute approximate surface area is 122 Å². The molecule has 1 atom stereocenters. The molecule has 106 valence electrons. The molecule has 0 aliphatic rings. The average molecular weight is 280 g/mol. The molecule has 5 nitrogen and oxygen atoms in total. The minimum atomic E-state index is -0.460. The Morgan fingerprint density at radius 2 is 1.95 bits per heavy atom. The van der Waals surface area contributed by atoms with Crippen LogP contribution < -0.4 is 5.32 Å². The van der Waals surface area contributed by atoms with E-state index in [0.717, 1.165) is 16.6 Å². The van der Waals surface area contributed by atoms with Crippen molar-refractivity contribution in [3.05, 3.63) is 48.7 Å². The summed E-state index contributed by atoms with van der Waals surface area (Å²) in [5.74, 6) is 0.418. The zero-order valence-corrected chi connectivity index (χ0v) is 11.7. The van der Waals surface area contributed by atoms with Crippen molar-refractivity contribution in [2.45, 2.75) is 13.0 Å². The van der Waals surface area contributed by atoms with Gasteiger partial charge in [-0.05, 0) is 23.8 Å². The first-order valence-corrected chi connectivity index (χ1v) is 6.83. The van der Waals surface area contributed by atoms with Crippen LogP contribution in [0.2, 0.25) is 0 Å². The van der Waals surface area contributed by atoms with Crippen LogP contribution in [0.15, 0.2) is 48.7 Å². The number of anilines is 1. The number of nitrogens with one attached hydrogen (secondary N) is 1. The van der Waals surface area contributed by atoms with Gasteiger partial charge in [0.2, 0.25) is 5.95 Å². The summed E-state index contributed by atoms with van der Waals surface area (Å²) in [5.41, 5.74) is 1.74. The third kappa shape index (κ3) is 3.14. The van der Waals surface area contributed by atoms with Crippen LogP contribution in [-0.4, -0.2) is 32.9 Å². The van der Waals surface area contributed by atoms with E-state index in [1.54, 1.807) is 13.1 Å². The highest BCUT2D eigenvalue weighted by atomic mass is 16.3. The molecule has 2 aromatic carbocycles. The molecule has 1 heterocycles. The molecule has 0 amide bonds. The van der Waals surface area contributed by atoms with Gasteiger partial charge in [0.25, 0.3) is 0 Å². The normalized spacial score (nSPS) is 12.3. The maximum atomic E-state index is 9.28. The van der Waals surface area contributed by atoms with Gasteiger partial charge in [0, 0.05) is 12.1 Å². The van der Waals surface area contributed by atoms with E-state index in [9.17, 15) is 5.11 Å². The Balaban J connectivity index is 1.92. The van der Waals surface area contributed by atoms with Crippen LogP contribution in [0.25, 0.3) is 22.0 Å². The van der Waals surface area contributed by atoms with Gasteiger partial charge in [-0.3, -0.25) is 0 Å². The van der Waals surface area contributed by atoms with Gasteiger partial charge in [0.15, 0.2) is 0 Å². The van der Waals surface area contributed by atoms with Crippen molar-refractivity contribution in [1.29, 1.82) is 0 Å². The Morgan fingerprint density at radius 3 is 2.76 bits per heavy atom. The van der Waals surface area contributed by atoms with E-state index in [1.807, 2.05) is 18.2 Å². The minimum Gasteiger partial charge on any atom is -0.392 e. The smallest absolute Gasteiger partial charge is 0.243 e. The largest absolute Gasteiger partial charge is 0.392 e. The number of aliphatic hydroxyl groups is 1. The van der Waals surface area contributed by atoms with E-state index >= 15 is 0 Å². The summed E-state index contributed by atoms with van der Waals surface area (Å²) in [5, 5.41) is 22.5. The van der Waals surface area contributed by atoms with Crippen molar-refractivity contribution >= 4 is 16.7 Å². The number of fused-ring (bicyclic) bond motifs is 1. The second kappa shape index (κ2) is 5.85. The number of hydrogen-bond acceptors (Lipinski definition) is 5. The zero-order chi connectivity index (χ0) is 14.7. The molecule has 5 heteroatoms. The number of aromatic nitrogens is 3. The lowest BCUT2D eigenvalue weighted by molar-refractivity contribution is 0.208. The number of benzene rings is 2. The summed E-state index contributed by atoms with van der Waals surface area (Å²) >= 11 is 0. The number of hydrogen-bond donors (Lipinski definition) is 2. The summed E-state index contributed by atoms with van der Waals surface area (Å²) in [6.45, 7) is 2.09. The summed E-state index contributed by atoms with van der Waals surface area (Å²) in [6, 6.07) is 14.3. The van der Waals surface area contributed by atoms with Gasteiger partial charge >= 0.3 is 0 Å². The van der Waals surface area contributed by atoms with Crippen LogP contribution in [0.1, 0.15) is 6.92 Å². The lowest BCUT2D eigenvalue weighted by Crippen LogP contribution is -2.17. The van der Waals surface area contributed by atoms with E-state index < -0.39 is 6.10 Å². The van der Waals surface area contributed by atoms with Gasteiger partial charge < -0.3 is 10.4 Å². The molecule has 0 bridgehead atoms. The molecule has 3 rings (SSSR count). The number of nitrogens with zero attached hydrogens (tertiary/aromatic N) is 3. The molecule has 0 saturated carbocycles. The lowest BCUT2D eigenvalue weighted by atomic mass is 10.1. The minimum absolute atomic E-state index is 0.392. The van der Waals surface area contributed by atoms with Crippen LogP contribution >= 0.6 is 0 Å². The van der Waals surface area contributed by atoms with Gasteiger partial charge in [-0.1, -0.05) is 36.4 Å². The first-order chi connectivity index (χ1) is 10.2. The maximum absolute atomic E-state index is 9.28. The van der Waals surface area contributed by atoms with Crippen molar-refractivity contribution in [1.82, 2.24) is 15.2 Å². The topological polar surface area (TPSA) is 70.9 Å². The quantitative estimate of drug-likeness (QED) is 0.768. The van der Waals surface area contributed by atoms with Gasteiger partial charge in [-0.25, -0.2) is 4.98 Å². The fraction of sp³-hybridized carbons (Fsp3) is 0.188. The van der Waals surface area contributed by atoms with Crippen molar-refractivity contribution in [3.8, 4) is 11.3 Å². The third-order valence-electron chi connectivity index (χ3n) is 3.16. The summed E-state index contributed by atoms with van der Waals surface area (Å²) in [4.78, 5) is 4.43. The molecular formula is C16H16N4O. The zero-order valence-electron chi connectivity index (χ0n) is 11.7. The van der Waals surface area contributed by atoms with Crippen LogP contribution in [0.4, 0.5) is 5.95 Å². The fourth-order valence-corrected chi connectivity index (χ4v) is 2.11. The number of rotatable bonds is 4. The third-order valence-corrected chi connectivity index (χ3v) is 3.16. The standard InChI is InChI=1S/C16H16N4O/c1-11(21)9-17-16-19-15(10-18-20-16)14-7-6-12-4-2-3-5-13(12)8-14/h2-8,10-11,21H,9H2,1H3,(H,17,19,20). The van der Waals surface area contributed by atoms with Crippen LogP contribution in [0.5, 0.6) is 0 Å². The molecule has 2 N–H and O–H groups in total. The van der Waals surface area contributed by atoms with Crippen LogP contribution in [0.3, 0.4) is 0 Å². The molecule has 0 saturated heterocycles.